The Kier molecular flexibility index (Phi) is 57.0. The van der Waals surface area contributed by atoms with Gasteiger partial charge in [0, 0.05) is 6.42 Å². The number of rotatable bonds is 64. The standard InChI is InChI=1S/C76H143NO13/c1-3-5-7-9-11-13-15-17-19-21-23-24-25-26-27-28-29-30-31-32-33-34-35-36-37-38-39-40-42-44-46-48-50-52-54-56-58-60-68(81)77-64(65(80)59-57-55-53-51-49-47-45-43-41-22-20-18-16-14-12-10-8-6-4-2)63-87-75-73(86)71(84)74(67(62-79)89-75)90-76-72(85)70(83)69(82)66(61-78)88-76/h15,17,21,23,57,59,64-67,69-76,78-80,82-86H,3-14,16,18-20,22,24-56,58,60-63H2,1-2H3,(H,77,81)/b17-15-,23-21-,59-57+. The van der Waals surface area contributed by atoms with Crippen LogP contribution < -0.4 is 5.32 Å². The predicted molar refractivity (Wildman–Crippen MR) is 369 cm³/mol. The van der Waals surface area contributed by atoms with E-state index in [1.165, 1.54) is 276 Å². The fourth-order valence-electron chi connectivity index (χ4n) is 12.7. The molecule has 9 N–H and O–H groups in total. The third-order valence-corrected chi connectivity index (χ3v) is 18.8. The molecule has 0 radical (unpaired) electrons. The zero-order chi connectivity index (χ0) is 65.2. The Morgan fingerprint density at radius 3 is 1.11 bits per heavy atom. The van der Waals surface area contributed by atoms with Gasteiger partial charge >= 0.3 is 0 Å². The maximum Gasteiger partial charge on any atom is 0.220 e. The van der Waals surface area contributed by atoms with E-state index in [-0.39, 0.29) is 18.9 Å². The molecule has 14 heteroatoms. The van der Waals surface area contributed by atoms with Crippen molar-refractivity contribution in [1.29, 1.82) is 0 Å². The van der Waals surface area contributed by atoms with Crippen molar-refractivity contribution < 1.29 is 64.6 Å². The van der Waals surface area contributed by atoms with Crippen LogP contribution in [0.15, 0.2) is 36.5 Å². The number of allylic oxidation sites excluding steroid dienone is 5. The molecular weight excluding hydrogens is 1130 g/mol. The number of hydrogen-bond acceptors (Lipinski definition) is 13. The summed E-state index contributed by atoms with van der Waals surface area (Å²) in [5.74, 6) is -0.232. The van der Waals surface area contributed by atoms with Crippen molar-refractivity contribution in [2.24, 2.45) is 0 Å². The Labute approximate surface area is 551 Å². The Morgan fingerprint density at radius 1 is 0.400 bits per heavy atom. The van der Waals surface area contributed by atoms with E-state index in [0.29, 0.717) is 6.42 Å². The predicted octanol–water partition coefficient (Wildman–Crippen LogP) is 16.5. The molecular formula is C76H143NO13. The average molecular weight is 1280 g/mol. The second-order valence-electron chi connectivity index (χ2n) is 27.1. The lowest BCUT2D eigenvalue weighted by Crippen LogP contribution is -2.65. The van der Waals surface area contributed by atoms with E-state index in [1.807, 2.05) is 6.08 Å². The van der Waals surface area contributed by atoms with Gasteiger partial charge in [-0.3, -0.25) is 4.79 Å². The second-order valence-corrected chi connectivity index (χ2v) is 27.1. The highest BCUT2D eigenvalue weighted by Gasteiger charge is 2.51. The number of amides is 1. The van der Waals surface area contributed by atoms with Gasteiger partial charge in [0.2, 0.25) is 5.91 Å². The quantitative estimate of drug-likeness (QED) is 0.0204. The van der Waals surface area contributed by atoms with Crippen molar-refractivity contribution >= 4 is 5.91 Å². The summed E-state index contributed by atoms with van der Waals surface area (Å²) < 4.78 is 22.9. The lowest BCUT2D eigenvalue weighted by atomic mass is 9.97. The van der Waals surface area contributed by atoms with E-state index in [0.717, 1.165) is 44.9 Å². The summed E-state index contributed by atoms with van der Waals surface area (Å²) in [4.78, 5) is 13.3. The number of unbranched alkanes of at least 4 members (excludes halogenated alkanes) is 47. The first kappa shape index (κ1) is 84.3. The van der Waals surface area contributed by atoms with Gasteiger partial charge in [-0.15, -0.1) is 0 Å². The molecule has 0 aromatic carbocycles. The number of nitrogens with one attached hydrogen (secondary N) is 1. The zero-order valence-electron chi connectivity index (χ0n) is 57.9. The molecule has 2 aliphatic heterocycles. The molecule has 2 rings (SSSR count). The largest absolute Gasteiger partial charge is 0.394 e. The Balaban J connectivity index is 1.58. The lowest BCUT2D eigenvalue weighted by Gasteiger charge is -2.46. The second kappa shape index (κ2) is 60.8. The molecule has 530 valence electrons. The first-order chi connectivity index (χ1) is 44.1. The van der Waals surface area contributed by atoms with Gasteiger partial charge in [0.25, 0.3) is 0 Å². The average Bonchev–Trinajstić information content (AvgIpc) is 1.58. The van der Waals surface area contributed by atoms with Gasteiger partial charge in [0.1, 0.15) is 48.8 Å². The number of ether oxygens (including phenoxy) is 4. The van der Waals surface area contributed by atoms with Crippen LogP contribution in [-0.2, 0) is 23.7 Å². The van der Waals surface area contributed by atoms with Gasteiger partial charge in [0.05, 0.1) is 32.0 Å². The van der Waals surface area contributed by atoms with Crippen LogP contribution in [0.3, 0.4) is 0 Å². The summed E-state index contributed by atoms with van der Waals surface area (Å²) in [7, 11) is 0. The van der Waals surface area contributed by atoms with Crippen LogP contribution in [0, 0.1) is 0 Å². The molecule has 2 aliphatic rings. The summed E-state index contributed by atoms with van der Waals surface area (Å²) in [5, 5.41) is 87.5. The summed E-state index contributed by atoms with van der Waals surface area (Å²) in [5.41, 5.74) is 0. The van der Waals surface area contributed by atoms with Crippen LogP contribution in [-0.4, -0.2) is 140 Å². The van der Waals surface area contributed by atoms with Crippen molar-refractivity contribution in [3.8, 4) is 0 Å². The van der Waals surface area contributed by atoms with Gasteiger partial charge in [-0.1, -0.05) is 326 Å². The summed E-state index contributed by atoms with van der Waals surface area (Å²) in [6, 6.07) is -0.913. The highest BCUT2D eigenvalue weighted by Crippen LogP contribution is 2.30. The van der Waals surface area contributed by atoms with Crippen molar-refractivity contribution in [3.05, 3.63) is 36.5 Å². The minimum absolute atomic E-state index is 0.232. The van der Waals surface area contributed by atoms with Gasteiger partial charge in [-0.25, -0.2) is 0 Å². The third kappa shape index (κ3) is 44.0. The van der Waals surface area contributed by atoms with Crippen LogP contribution in [0.5, 0.6) is 0 Å². The van der Waals surface area contributed by atoms with Crippen molar-refractivity contribution in [2.45, 2.75) is 421 Å². The van der Waals surface area contributed by atoms with Gasteiger partial charge in [0.15, 0.2) is 12.6 Å². The van der Waals surface area contributed by atoms with Crippen LogP contribution in [0.2, 0.25) is 0 Å². The van der Waals surface area contributed by atoms with Gasteiger partial charge in [-0.2, -0.15) is 0 Å². The van der Waals surface area contributed by atoms with E-state index >= 15 is 0 Å². The molecule has 1 amide bonds. The molecule has 12 unspecified atom stereocenters. The smallest absolute Gasteiger partial charge is 0.220 e. The molecule has 12 atom stereocenters. The van der Waals surface area contributed by atoms with E-state index in [1.54, 1.807) is 6.08 Å². The Morgan fingerprint density at radius 2 is 0.733 bits per heavy atom. The van der Waals surface area contributed by atoms with Gasteiger partial charge in [-0.05, 0) is 51.4 Å². The molecule has 90 heavy (non-hydrogen) atoms. The van der Waals surface area contributed by atoms with E-state index in [4.69, 9.17) is 18.9 Å². The fourth-order valence-corrected chi connectivity index (χ4v) is 12.7. The van der Waals surface area contributed by atoms with Crippen molar-refractivity contribution in [3.63, 3.8) is 0 Å². The minimum Gasteiger partial charge on any atom is -0.394 e. The molecule has 0 bridgehead atoms. The third-order valence-electron chi connectivity index (χ3n) is 18.8. The van der Waals surface area contributed by atoms with E-state index in [2.05, 4.69) is 43.5 Å². The summed E-state index contributed by atoms with van der Waals surface area (Å²) >= 11 is 0. The van der Waals surface area contributed by atoms with Crippen LogP contribution in [0.4, 0.5) is 0 Å². The monoisotopic (exact) mass is 1280 g/mol. The first-order valence-corrected chi connectivity index (χ1v) is 38.2. The fraction of sp³-hybridized carbons (Fsp3) is 0.908. The lowest BCUT2D eigenvalue weighted by molar-refractivity contribution is -0.359. The van der Waals surface area contributed by atoms with Crippen molar-refractivity contribution in [2.75, 3.05) is 19.8 Å². The van der Waals surface area contributed by atoms with Crippen molar-refractivity contribution in [1.82, 2.24) is 5.32 Å². The topological polar surface area (TPSA) is 228 Å². The molecule has 0 saturated carbocycles. The molecule has 0 aromatic rings. The van der Waals surface area contributed by atoms with E-state index < -0.39 is 86.8 Å². The summed E-state index contributed by atoms with van der Waals surface area (Å²) in [6.45, 7) is 2.84. The molecule has 0 aliphatic carbocycles. The van der Waals surface area contributed by atoms with Crippen LogP contribution in [0.25, 0.3) is 0 Å². The zero-order valence-corrected chi connectivity index (χ0v) is 57.9. The van der Waals surface area contributed by atoms with Gasteiger partial charge < -0.3 is 65.1 Å². The SMILES string of the molecule is CCCCCCC/C=C\C/C=C\CCCCCCCCCCCCCCCCCCCCCCCCCCCC(=O)NC(COC1OC(CO)C(OC2OC(CO)C(O)C(O)C2O)C(O)C1O)C(O)/C=C/CCCCCCCCCCCCCCCCCCC. The highest BCUT2D eigenvalue weighted by atomic mass is 16.7. The molecule has 2 saturated heterocycles. The maximum absolute atomic E-state index is 13.3. The van der Waals surface area contributed by atoms with E-state index in [9.17, 15) is 45.6 Å². The number of carbonyl (C=O) groups excluding carboxylic acids is 1. The molecule has 0 aromatic heterocycles. The number of hydrogen-bond donors (Lipinski definition) is 9. The maximum atomic E-state index is 13.3. The summed E-state index contributed by atoms with van der Waals surface area (Å²) in [6.07, 6.45) is 62.2. The minimum atomic E-state index is -1.79. The Bertz CT molecular complexity index is 1650. The Hall–Kier alpha value is -1.79. The normalized spacial score (nSPS) is 23.0. The molecule has 2 heterocycles. The first-order valence-electron chi connectivity index (χ1n) is 38.2. The number of aliphatic hydroxyl groups is 8. The number of carbonyl (C=O) groups is 1. The van der Waals surface area contributed by atoms with Crippen LogP contribution >= 0.6 is 0 Å². The molecule has 0 spiro atoms. The number of aliphatic hydroxyl groups excluding tert-OH is 8. The highest BCUT2D eigenvalue weighted by molar-refractivity contribution is 5.76. The van der Waals surface area contributed by atoms with Crippen LogP contribution in [0.1, 0.15) is 348 Å². The molecule has 14 nitrogen and oxygen atoms in total. The molecule has 2 fully saturated rings.